The van der Waals surface area contributed by atoms with Gasteiger partial charge in [0.25, 0.3) is 0 Å². The summed E-state index contributed by atoms with van der Waals surface area (Å²) in [5, 5.41) is 5.14. The summed E-state index contributed by atoms with van der Waals surface area (Å²) in [4.78, 5) is 5.99. The minimum Gasteiger partial charge on any atom is -0.319 e. The zero-order chi connectivity index (χ0) is 13.1. The highest BCUT2D eigenvalue weighted by molar-refractivity contribution is 7.12. The standard InChI is InChI=1S/C14H17ClN2S/c1-9-8-11(4-5-12(9)15)14-10(2)18-13(17-14)6-7-16-3/h4-5,8,16H,6-7H2,1-3H3. The number of hydrogen-bond donors (Lipinski definition) is 1. The highest BCUT2D eigenvalue weighted by atomic mass is 35.5. The lowest BCUT2D eigenvalue weighted by molar-refractivity contribution is 0.788. The summed E-state index contributed by atoms with van der Waals surface area (Å²) in [6.07, 6.45) is 0.981. The smallest absolute Gasteiger partial charge is 0.0948 e. The van der Waals surface area contributed by atoms with E-state index in [1.54, 1.807) is 11.3 Å². The fourth-order valence-electron chi connectivity index (χ4n) is 1.85. The topological polar surface area (TPSA) is 24.9 Å². The van der Waals surface area contributed by atoms with Gasteiger partial charge in [-0.2, -0.15) is 0 Å². The third-order valence-electron chi connectivity index (χ3n) is 2.86. The highest BCUT2D eigenvalue weighted by Gasteiger charge is 2.10. The molecule has 0 bridgehead atoms. The molecule has 0 atom stereocenters. The van der Waals surface area contributed by atoms with Crippen LogP contribution >= 0.6 is 22.9 Å². The normalized spacial score (nSPS) is 10.9. The van der Waals surface area contributed by atoms with E-state index in [0.717, 1.165) is 34.8 Å². The van der Waals surface area contributed by atoms with Gasteiger partial charge in [0.05, 0.1) is 10.7 Å². The quantitative estimate of drug-likeness (QED) is 0.920. The molecule has 2 rings (SSSR count). The molecule has 0 aliphatic carbocycles. The molecule has 1 N–H and O–H groups in total. The maximum atomic E-state index is 6.06. The van der Waals surface area contributed by atoms with E-state index in [4.69, 9.17) is 16.6 Å². The molecule has 1 heterocycles. The van der Waals surface area contributed by atoms with Crippen molar-refractivity contribution in [3.8, 4) is 11.3 Å². The molecule has 0 spiro atoms. The first-order valence-corrected chi connectivity index (χ1v) is 7.18. The number of halogens is 1. The molecule has 0 amide bonds. The van der Waals surface area contributed by atoms with Gasteiger partial charge >= 0.3 is 0 Å². The summed E-state index contributed by atoms with van der Waals surface area (Å²) in [6, 6.07) is 6.09. The molecule has 2 nitrogen and oxygen atoms in total. The molecule has 0 radical (unpaired) electrons. The van der Waals surface area contributed by atoms with Crippen molar-refractivity contribution in [2.75, 3.05) is 13.6 Å². The van der Waals surface area contributed by atoms with E-state index < -0.39 is 0 Å². The summed E-state index contributed by atoms with van der Waals surface area (Å²) in [5.41, 5.74) is 3.34. The Hall–Kier alpha value is -0.900. The van der Waals surface area contributed by atoms with Crippen LogP contribution in [0.1, 0.15) is 15.4 Å². The van der Waals surface area contributed by atoms with Gasteiger partial charge in [-0.1, -0.05) is 17.7 Å². The number of thiazole rings is 1. The maximum Gasteiger partial charge on any atom is 0.0948 e. The number of hydrogen-bond acceptors (Lipinski definition) is 3. The van der Waals surface area contributed by atoms with E-state index in [9.17, 15) is 0 Å². The van der Waals surface area contributed by atoms with Crippen molar-refractivity contribution >= 4 is 22.9 Å². The van der Waals surface area contributed by atoms with Crippen molar-refractivity contribution in [2.45, 2.75) is 20.3 Å². The molecule has 4 heteroatoms. The second kappa shape index (κ2) is 5.83. The second-order valence-electron chi connectivity index (χ2n) is 4.33. The number of aryl methyl sites for hydroxylation is 2. The van der Waals surface area contributed by atoms with Crippen LogP contribution < -0.4 is 5.32 Å². The molecule has 0 fully saturated rings. The molecule has 0 aliphatic heterocycles. The van der Waals surface area contributed by atoms with Crippen LogP contribution in [0.5, 0.6) is 0 Å². The molecule has 2 aromatic rings. The predicted octanol–water partition coefficient (Wildman–Crippen LogP) is 3.84. The molecule has 0 aliphatic rings. The zero-order valence-electron chi connectivity index (χ0n) is 10.9. The van der Waals surface area contributed by atoms with Gasteiger partial charge in [-0.15, -0.1) is 11.3 Å². The number of rotatable bonds is 4. The number of nitrogens with one attached hydrogen (secondary N) is 1. The van der Waals surface area contributed by atoms with Gasteiger partial charge in [-0.05, 0) is 38.6 Å². The molecule has 96 valence electrons. The monoisotopic (exact) mass is 280 g/mol. The van der Waals surface area contributed by atoms with Crippen LogP contribution in [0.15, 0.2) is 18.2 Å². The Balaban J connectivity index is 2.32. The van der Waals surface area contributed by atoms with Crippen molar-refractivity contribution in [1.82, 2.24) is 10.3 Å². The average molecular weight is 281 g/mol. The Morgan fingerprint density at radius 3 is 2.78 bits per heavy atom. The SMILES string of the molecule is CNCCc1nc(-c2ccc(Cl)c(C)c2)c(C)s1. The van der Waals surface area contributed by atoms with Gasteiger partial charge in [0.1, 0.15) is 0 Å². The molecular formula is C14H17ClN2S. The fraction of sp³-hybridized carbons (Fsp3) is 0.357. The van der Waals surface area contributed by atoms with Gasteiger partial charge < -0.3 is 5.32 Å². The van der Waals surface area contributed by atoms with E-state index in [-0.39, 0.29) is 0 Å². The Morgan fingerprint density at radius 1 is 1.33 bits per heavy atom. The number of nitrogens with zero attached hydrogens (tertiary/aromatic N) is 1. The minimum absolute atomic E-state index is 0.807. The molecule has 1 aromatic heterocycles. The van der Waals surface area contributed by atoms with Crippen molar-refractivity contribution in [3.05, 3.63) is 38.7 Å². The first-order chi connectivity index (χ1) is 8.61. The maximum absolute atomic E-state index is 6.06. The molecule has 0 saturated carbocycles. The third kappa shape index (κ3) is 2.91. The van der Waals surface area contributed by atoms with Crippen LogP contribution in [0.25, 0.3) is 11.3 Å². The second-order valence-corrected chi connectivity index (χ2v) is 6.02. The number of aromatic nitrogens is 1. The highest BCUT2D eigenvalue weighted by Crippen LogP contribution is 2.30. The molecule has 0 unspecified atom stereocenters. The molecule has 18 heavy (non-hydrogen) atoms. The van der Waals surface area contributed by atoms with Gasteiger partial charge in [0.2, 0.25) is 0 Å². The zero-order valence-corrected chi connectivity index (χ0v) is 12.5. The number of likely N-dealkylation sites (N-methyl/N-ethyl adjacent to an activating group) is 1. The van der Waals surface area contributed by atoms with E-state index in [2.05, 4.69) is 18.3 Å². The Morgan fingerprint density at radius 2 is 2.11 bits per heavy atom. The van der Waals surface area contributed by atoms with Gasteiger partial charge in [-0.25, -0.2) is 4.98 Å². The van der Waals surface area contributed by atoms with Crippen LogP contribution in [0, 0.1) is 13.8 Å². The predicted molar refractivity (Wildman–Crippen MR) is 79.7 cm³/mol. The summed E-state index contributed by atoms with van der Waals surface area (Å²) >= 11 is 7.83. The lowest BCUT2D eigenvalue weighted by Gasteiger charge is -2.02. The van der Waals surface area contributed by atoms with Crippen molar-refractivity contribution in [3.63, 3.8) is 0 Å². The van der Waals surface area contributed by atoms with Crippen LogP contribution in [0.3, 0.4) is 0 Å². The molecule has 1 aromatic carbocycles. The van der Waals surface area contributed by atoms with Gasteiger partial charge in [0, 0.05) is 28.4 Å². The first kappa shape index (κ1) is 13.5. The first-order valence-electron chi connectivity index (χ1n) is 5.99. The van der Waals surface area contributed by atoms with E-state index in [0.29, 0.717) is 0 Å². The largest absolute Gasteiger partial charge is 0.319 e. The summed E-state index contributed by atoms with van der Waals surface area (Å²) in [5.74, 6) is 0. The molecular weight excluding hydrogens is 264 g/mol. The Labute approximate surface area is 117 Å². The van der Waals surface area contributed by atoms with E-state index in [1.165, 1.54) is 9.88 Å². The van der Waals surface area contributed by atoms with E-state index in [1.807, 2.05) is 26.1 Å². The van der Waals surface area contributed by atoms with Crippen LogP contribution in [-0.2, 0) is 6.42 Å². The third-order valence-corrected chi connectivity index (χ3v) is 4.32. The van der Waals surface area contributed by atoms with Crippen molar-refractivity contribution in [2.24, 2.45) is 0 Å². The van der Waals surface area contributed by atoms with Crippen LogP contribution in [-0.4, -0.2) is 18.6 Å². The number of benzene rings is 1. The lowest BCUT2D eigenvalue weighted by atomic mass is 10.1. The van der Waals surface area contributed by atoms with Gasteiger partial charge in [-0.3, -0.25) is 0 Å². The Kier molecular flexibility index (Phi) is 4.38. The summed E-state index contributed by atoms with van der Waals surface area (Å²) < 4.78 is 0. The van der Waals surface area contributed by atoms with Crippen LogP contribution in [0.4, 0.5) is 0 Å². The minimum atomic E-state index is 0.807. The lowest BCUT2D eigenvalue weighted by Crippen LogP contribution is -2.09. The Bertz CT molecular complexity index is 549. The van der Waals surface area contributed by atoms with Crippen LogP contribution in [0.2, 0.25) is 5.02 Å². The van der Waals surface area contributed by atoms with Gasteiger partial charge in [0.15, 0.2) is 0 Å². The van der Waals surface area contributed by atoms with Crippen molar-refractivity contribution in [1.29, 1.82) is 0 Å². The average Bonchev–Trinajstić information content (AvgIpc) is 2.71. The van der Waals surface area contributed by atoms with E-state index >= 15 is 0 Å². The molecule has 0 saturated heterocycles. The van der Waals surface area contributed by atoms with Crippen molar-refractivity contribution < 1.29 is 0 Å². The summed E-state index contributed by atoms with van der Waals surface area (Å²) in [6.45, 7) is 5.11. The summed E-state index contributed by atoms with van der Waals surface area (Å²) in [7, 11) is 1.96. The fourth-order valence-corrected chi connectivity index (χ4v) is 2.92.